The number of rotatable bonds is 5. The molecule has 0 saturated carbocycles. The van der Waals surface area contributed by atoms with E-state index < -0.39 is 37.2 Å². The normalized spacial score (nSPS) is 10.9. The van der Waals surface area contributed by atoms with Crippen LogP contribution in [-0.2, 0) is 14.8 Å². The first kappa shape index (κ1) is 17.2. The van der Waals surface area contributed by atoms with Gasteiger partial charge in [-0.15, -0.1) is 0 Å². The highest BCUT2D eigenvalue weighted by Gasteiger charge is 2.23. The summed E-state index contributed by atoms with van der Waals surface area (Å²) in [6.07, 6.45) is 0. The number of phenols is 1. The van der Waals surface area contributed by atoms with Crippen LogP contribution in [0.25, 0.3) is 0 Å². The van der Waals surface area contributed by atoms with Crippen LogP contribution in [0.5, 0.6) is 5.75 Å². The molecule has 0 heterocycles. The number of carbonyl (C=O) groups is 1. The number of benzene rings is 2. The topological polar surface area (TPSA) is 136 Å². The third-order valence-corrected chi connectivity index (χ3v) is 4.39. The Morgan fingerprint density at radius 2 is 1.92 bits per heavy atom. The zero-order valence-corrected chi connectivity index (χ0v) is 13.1. The lowest BCUT2D eigenvalue weighted by Gasteiger charge is -2.11. The standard InChI is InChI=1S/C14H12N2O7S/c1-23-14(18)10-4-2-3-5-11(10)15-24(21,22)9-6-7-13(17)12(8-9)16(19)20/h2-8,15,17H,1H3. The van der Waals surface area contributed by atoms with Gasteiger partial charge in [0.25, 0.3) is 10.0 Å². The Morgan fingerprint density at radius 3 is 2.54 bits per heavy atom. The van der Waals surface area contributed by atoms with Crippen LogP contribution in [0.1, 0.15) is 10.4 Å². The van der Waals surface area contributed by atoms with Crippen molar-refractivity contribution in [3.8, 4) is 5.75 Å². The van der Waals surface area contributed by atoms with Crippen molar-refractivity contribution in [1.29, 1.82) is 0 Å². The van der Waals surface area contributed by atoms with Crippen LogP contribution in [0.2, 0.25) is 0 Å². The molecule has 2 rings (SSSR count). The minimum absolute atomic E-state index is 0.0168. The summed E-state index contributed by atoms with van der Waals surface area (Å²) in [6, 6.07) is 8.36. The van der Waals surface area contributed by atoms with Crippen molar-refractivity contribution < 1.29 is 28.0 Å². The summed E-state index contributed by atoms with van der Waals surface area (Å²) in [4.78, 5) is 21.1. The molecule has 0 aliphatic carbocycles. The molecule has 0 unspecified atom stereocenters. The number of ether oxygens (including phenoxy) is 1. The van der Waals surface area contributed by atoms with Gasteiger partial charge in [0.15, 0.2) is 5.75 Å². The van der Waals surface area contributed by atoms with Crippen LogP contribution < -0.4 is 4.72 Å². The van der Waals surface area contributed by atoms with Gasteiger partial charge in [-0.1, -0.05) is 12.1 Å². The number of nitrogens with one attached hydrogen (secondary N) is 1. The highest BCUT2D eigenvalue weighted by molar-refractivity contribution is 7.92. The van der Waals surface area contributed by atoms with Gasteiger partial charge >= 0.3 is 11.7 Å². The second-order valence-electron chi connectivity index (χ2n) is 4.55. The Labute approximate surface area is 136 Å². The van der Waals surface area contributed by atoms with Crippen molar-refractivity contribution in [1.82, 2.24) is 0 Å². The van der Waals surface area contributed by atoms with Crippen LogP contribution in [0.3, 0.4) is 0 Å². The first-order valence-electron chi connectivity index (χ1n) is 6.44. The maximum Gasteiger partial charge on any atom is 0.339 e. The van der Waals surface area contributed by atoms with Gasteiger partial charge in [-0.05, 0) is 24.3 Å². The van der Waals surface area contributed by atoms with Crippen molar-refractivity contribution in [3.05, 3.63) is 58.1 Å². The minimum Gasteiger partial charge on any atom is -0.502 e. The van der Waals surface area contributed by atoms with E-state index in [4.69, 9.17) is 0 Å². The number of nitrogens with zero attached hydrogens (tertiary/aromatic N) is 1. The fourth-order valence-electron chi connectivity index (χ4n) is 1.88. The van der Waals surface area contributed by atoms with Gasteiger partial charge in [0, 0.05) is 6.07 Å². The summed E-state index contributed by atoms with van der Waals surface area (Å²) in [6.45, 7) is 0. The number of methoxy groups -OCH3 is 1. The smallest absolute Gasteiger partial charge is 0.339 e. The predicted molar refractivity (Wildman–Crippen MR) is 83.4 cm³/mol. The molecule has 0 bridgehead atoms. The molecule has 0 aromatic heterocycles. The third-order valence-electron chi connectivity index (χ3n) is 3.03. The highest BCUT2D eigenvalue weighted by atomic mass is 32.2. The molecule has 0 aliphatic rings. The van der Waals surface area contributed by atoms with Crippen molar-refractivity contribution >= 4 is 27.4 Å². The van der Waals surface area contributed by atoms with Crippen molar-refractivity contribution in [2.45, 2.75) is 4.90 Å². The molecule has 0 saturated heterocycles. The Kier molecular flexibility index (Phi) is 4.69. The van der Waals surface area contributed by atoms with E-state index in [1.807, 2.05) is 0 Å². The van der Waals surface area contributed by atoms with E-state index >= 15 is 0 Å². The predicted octanol–water partition coefficient (Wildman–Crippen LogP) is 1.89. The number of phenolic OH excluding ortho intramolecular Hbond substituents is 1. The molecule has 2 N–H and O–H groups in total. The number of hydrogen-bond donors (Lipinski definition) is 2. The second kappa shape index (κ2) is 6.54. The molecular weight excluding hydrogens is 340 g/mol. The summed E-state index contributed by atoms with van der Waals surface area (Å²) in [7, 11) is -3.07. The number of para-hydroxylation sites is 1. The van der Waals surface area contributed by atoms with E-state index in [9.17, 15) is 28.4 Å². The van der Waals surface area contributed by atoms with Crippen LogP contribution in [0, 0.1) is 10.1 Å². The van der Waals surface area contributed by atoms with Crippen molar-refractivity contribution in [2.24, 2.45) is 0 Å². The lowest BCUT2D eigenvalue weighted by Crippen LogP contribution is -2.16. The number of anilines is 1. The molecule has 0 aliphatic heterocycles. The molecule has 126 valence electrons. The van der Waals surface area contributed by atoms with Crippen LogP contribution >= 0.6 is 0 Å². The van der Waals surface area contributed by atoms with Gasteiger partial charge in [0.1, 0.15) is 0 Å². The van der Waals surface area contributed by atoms with E-state index in [0.717, 1.165) is 25.3 Å². The summed E-state index contributed by atoms with van der Waals surface area (Å²) in [5, 5.41) is 20.2. The van der Waals surface area contributed by atoms with Crippen molar-refractivity contribution in [2.75, 3.05) is 11.8 Å². The molecule has 2 aromatic rings. The van der Waals surface area contributed by atoms with Gasteiger partial charge in [-0.2, -0.15) is 0 Å². The Morgan fingerprint density at radius 1 is 1.25 bits per heavy atom. The maximum atomic E-state index is 12.4. The van der Waals surface area contributed by atoms with E-state index in [1.54, 1.807) is 0 Å². The second-order valence-corrected chi connectivity index (χ2v) is 6.23. The van der Waals surface area contributed by atoms with Gasteiger partial charge < -0.3 is 9.84 Å². The number of hydrogen-bond acceptors (Lipinski definition) is 7. The van der Waals surface area contributed by atoms with E-state index in [1.165, 1.54) is 24.3 Å². The number of nitro groups is 1. The lowest BCUT2D eigenvalue weighted by molar-refractivity contribution is -0.386. The molecule has 0 fully saturated rings. The molecule has 2 aromatic carbocycles. The average Bonchev–Trinajstić information content (AvgIpc) is 2.54. The first-order chi connectivity index (χ1) is 11.3. The van der Waals surface area contributed by atoms with Crippen LogP contribution in [0.4, 0.5) is 11.4 Å². The van der Waals surface area contributed by atoms with Gasteiger partial charge in [-0.25, -0.2) is 13.2 Å². The van der Waals surface area contributed by atoms with E-state index in [0.29, 0.717) is 0 Å². The first-order valence-corrected chi connectivity index (χ1v) is 7.92. The zero-order chi connectivity index (χ0) is 17.9. The molecule has 9 nitrogen and oxygen atoms in total. The molecule has 0 amide bonds. The molecule has 0 atom stereocenters. The lowest BCUT2D eigenvalue weighted by atomic mass is 10.2. The van der Waals surface area contributed by atoms with Crippen LogP contribution in [-0.4, -0.2) is 31.5 Å². The molecular formula is C14H12N2O7S. The molecule has 24 heavy (non-hydrogen) atoms. The van der Waals surface area contributed by atoms with Crippen molar-refractivity contribution in [3.63, 3.8) is 0 Å². The Bertz CT molecular complexity index is 909. The fraction of sp³-hybridized carbons (Fsp3) is 0.0714. The van der Waals surface area contributed by atoms with E-state index in [2.05, 4.69) is 9.46 Å². The summed E-state index contributed by atoms with van der Waals surface area (Å²) in [5.41, 5.74) is -0.809. The number of esters is 1. The third kappa shape index (κ3) is 3.43. The van der Waals surface area contributed by atoms with Crippen LogP contribution in [0.15, 0.2) is 47.4 Å². The van der Waals surface area contributed by atoms with E-state index in [-0.39, 0.29) is 11.3 Å². The summed E-state index contributed by atoms with van der Waals surface area (Å²) in [5.74, 6) is -1.40. The molecule has 0 spiro atoms. The number of nitro benzene ring substituents is 1. The Hall–Kier alpha value is -3.14. The monoisotopic (exact) mass is 352 g/mol. The summed E-state index contributed by atoms with van der Waals surface area (Å²) < 4.78 is 31.5. The van der Waals surface area contributed by atoms with Gasteiger partial charge in [0.05, 0.1) is 28.2 Å². The zero-order valence-electron chi connectivity index (χ0n) is 12.3. The fourth-order valence-corrected chi connectivity index (χ4v) is 2.98. The highest BCUT2D eigenvalue weighted by Crippen LogP contribution is 2.29. The quantitative estimate of drug-likeness (QED) is 0.476. The van der Waals surface area contributed by atoms with Gasteiger partial charge in [0.2, 0.25) is 0 Å². The number of carbonyl (C=O) groups excluding carboxylic acids is 1. The largest absolute Gasteiger partial charge is 0.502 e. The SMILES string of the molecule is COC(=O)c1ccccc1NS(=O)(=O)c1ccc(O)c([N+](=O)[O-])c1. The number of aromatic hydroxyl groups is 1. The molecule has 10 heteroatoms. The average molecular weight is 352 g/mol. The Balaban J connectivity index is 2.45. The maximum absolute atomic E-state index is 12.4. The number of sulfonamides is 1. The summed E-state index contributed by atoms with van der Waals surface area (Å²) >= 11 is 0. The van der Waals surface area contributed by atoms with Gasteiger partial charge in [-0.3, -0.25) is 14.8 Å². The minimum atomic E-state index is -4.22. The molecule has 0 radical (unpaired) electrons.